The molecule has 0 aliphatic heterocycles. The summed E-state index contributed by atoms with van der Waals surface area (Å²) in [5.41, 5.74) is 0.343. The Bertz CT molecular complexity index is 656. The van der Waals surface area contributed by atoms with Crippen LogP contribution in [0.25, 0.3) is 0 Å². The first-order valence-corrected chi connectivity index (χ1v) is 12.4. The van der Waals surface area contributed by atoms with E-state index in [4.69, 9.17) is 4.74 Å². The van der Waals surface area contributed by atoms with Gasteiger partial charge in [0.15, 0.2) is 0 Å². The first-order chi connectivity index (χ1) is 13.7. The van der Waals surface area contributed by atoms with E-state index >= 15 is 0 Å². The third-order valence-corrected chi connectivity index (χ3v) is 10.1. The highest BCUT2D eigenvalue weighted by Crippen LogP contribution is 2.67. The minimum absolute atomic E-state index is 0.0665. The number of hydrogen-bond acceptors (Lipinski definition) is 3. The molecular formula is C26H42O3. The lowest BCUT2D eigenvalue weighted by Gasteiger charge is -2.60. The first kappa shape index (κ1) is 21.4. The highest BCUT2D eigenvalue weighted by molar-refractivity contribution is 5.84. The molecule has 4 saturated carbocycles. The third-order valence-electron chi connectivity index (χ3n) is 10.1. The predicted molar refractivity (Wildman–Crippen MR) is 115 cm³/mol. The van der Waals surface area contributed by atoms with Crippen LogP contribution in [0.1, 0.15) is 98.8 Å². The molecule has 0 aromatic carbocycles. The molecule has 0 amide bonds. The van der Waals surface area contributed by atoms with Crippen molar-refractivity contribution in [3.8, 4) is 0 Å². The predicted octanol–water partition coefficient (Wildman–Crippen LogP) is 6.19. The zero-order valence-corrected chi connectivity index (χ0v) is 19.3. The summed E-state index contributed by atoms with van der Waals surface area (Å²) in [5, 5.41) is 0. The number of ketones is 1. The number of Topliss-reactive ketones (excluding diaryl/α,β-unsaturated/α-hetero) is 1. The molecule has 2 unspecified atom stereocenters. The molecule has 164 valence electrons. The van der Waals surface area contributed by atoms with E-state index in [-0.39, 0.29) is 28.8 Å². The summed E-state index contributed by atoms with van der Waals surface area (Å²) in [6.07, 6.45) is 11.4. The molecule has 3 heteroatoms. The monoisotopic (exact) mass is 402 g/mol. The Morgan fingerprint density at radius 3 is 2.59 bits per heavy atom. The van der Waals surface area contributed by atoms with E-state index in [0.29, 0.717) is 17.6 Å². The number of rotatable bonds is 4. The van der Waals surface area contributed by atoms with Crippen molar-refractivity contribution in [2.75, 3.05) is 0 Å². The molecule has 4 rings (SSSR count). The maximum absolute atomic E-state index is 13.7. The van der Waals surface area contributed by atoms with Crippen molar-refractivity contribution in [2.45, 2.75) is 105 Å². The zero-order chi connectivity index (χ0) is 21.0. The summed E-state index contributed by atoms with van der Waals surface area (Å²) < 4.78 is 5.57. The molecule has 0 spiro atoms. The van der Waals surface area contributed by atoms with Gasteiger partial charge in [-0.05, 0) is 85.4 Å². The molecule has 0 aromatic rings. The molecule has 0 bridgehead atoms. The van der Waals surface area contributed by atoms with Gasteiger partial charge in [0.2, 0.25) is 0 Å². The van der Waals surface area contributed by atoms with Gasteiger partial charge in [-0.2, -0.15) is 0 Å². The lowest BCUT2D eigenvalue weighted by Crippen LogP contribution is -2.58. The highest BCUT2D eigenvalue weighted by atomic mass is 16.5. The second kappa shape index (κ2) is 7.68. The van der Waals surface area contributed by atoms with Crippen LogP contribution in [0.5, 0.6) is 0 Å². The minimum Gasteiger partial charge on any atom is -0.463 e. The number of carbonyl (C=O) groups is 2. The summed E-state index contributed by atoms with van der Waals surface area (Å²) >= 11 is 0. The van der Waals surface area contributed by atoms with E-state index in [2.05, 4.69) is 27.7 Å². The zero-order valence-electron chi connectivity index (χ0n) is 19.3. The molecule has 4 fully saturated rings. The molecule has 9 atom stereocenters. The molecule has 0 saturated heterocycles. The number of esters is 1. The van der Waals surface area contributed by atoms with Gasteiger partial charge in [0.05, 0.1) is 0 Å². The molecule has 29 heavy (non-hydrogen) atoms. The number of hydrogen-bond donors (Lipinski definition) is 0. The summed E-state index contributed by atoms with van der Waals surface area (Å²) in [5.74, 6) is 3.99. The van der Waals surface area contributed by atoms with Crippen molar-refractivity contribution in [3.63, 3.8) is 0 Å². The van der Waals surface area contributed by atoms with E-state index in [1.54, 1.807) is 0 Å². The topological polar surface area (TPSA) is 43.4 Å². The first-order valence-electron chi connectivity index (χ1n) is 12.4. The number of carbonyl (C=O) groups excluding carboxylic acids is 2. The van der Waals surface area contributed by atoms with Gasteiger partial charge in [-0.1, -0.05) is 40.5 Å². The number of ether oxygens (including phenoxy) is 1. The fourth-order valence-corrected chi connectivity index (χ4v) is 9.00. The van der Waals surface area contributed by atoms with Crippen molar-refractivity contribution in [1.29, 1.82) is 0 Å². The van der Waals surface area contributed by atoms with Gasteiger partial charge in [0.1, 0.15) is 11.9 Å². The maximum atomic E-state index is 13.7. The van der Waals surface area contributed by atoms with Crippen LogP contribution in [0.15, 0.2) is 0 Å². The van der Waals surface area contributed by atoms with Crippen LogP contribution in [0.3, 0.4) is 0 Å². The Morgan fingerprint density at radius 1 is 1.14 bits per heavy atom. The van der Waals surface area contributed by atoms with Crippen LogP contribution in [0.4, 0.5) is 0 Å². The van der Waals surface area contributed by atoms with Gasteiger partial charge in [0, 0.05) is 19.3 Å². The van der Waals surface area contributed by atoms with Gasteiger partial charge in [0.25, 0.3) is 0 Å². The van der Waals surface area contributed by atoms with Crippen molar-refractivity contribution in [3.05, 3.63) is 0 Å². The minimum atomic E-state index is -0.157. The van der Waals surface area contributed by atoms with Crippen LogP contribution in [0, 0.1) is 46.3 Å². The van der Waals surface area contributed by atoms with E-state index in [0.717, 1.165) is 43.4 Å². The van der Waals surface area contributed by atoms with Crippen molar-refractivity contribution >= 4 is 11.8 Å². The van der Waals surface area contributed by atoms with E-state index in [1.807, 2.05) is 0 Å². The average molecular weight is 403 g/mol. The Hall–Kier alpha value is -0.860. The average Bonchev–Trinajstić information content (AvgIpc) is 2.98. The Labute approximate surface area is 177 Å². The highest BCUT2D eigenvalue weighted by Gasteiger charge is 2.63. The van der Waals surface area contributed by atoms with Crippen molar-refractivity contribution in [1.82, 2.24) is 0 Å². The van der Waals surface area contributed by atoms with E-state index in [1.165, 1.54) is 45.4 Å². The molecule has 0 aromatic heterocycles. The quantitative estimate of drug-likeness (QED) is 0.526. The van der Waals surface area contributed by atoms with Gasteiger partial charge in [-0.3, -0.25) is 9.59 Å². The van der Waals surface area contributed by atoms with Crippen LogP contribution >= 0.6 is 0 Å². The third kappa shape index (κ3) is 3.39. The lowest BCUT2D eigenvalue weighted by molar-refractivity contribution is -0.169. The van der Waals surface area contributed by atoms with Crippen LogP contribution < -0.4 is 0 Å². The molecule has 4 aliphatic rings. The second-order valence-electron chi connectivity index (χ2n) is 11.6. The second-order valence-corrected chi connectivity index (χ2v) is 11.6. The molecule has 0 N–H and O–H groups in total. The summed E-state index contributed by atoms with van der Waals surface area (Å²) in [6.45, 7) is 11.1. The SMILES string of the molecule is CCC[C@@H](C)[C@H]1CC[C@H]2[C@@H]3CCC4CC(OC(C)=O)CC[C@]4(C)[C@H]3C(=O)C[C@]12C. The van der Waals surface area contributed by atoms with Gasteiger partial charge in [-0.25, -0.2) is 0 Å². The molecule has 0 radical (unpaired) electrons. The largest absolute Gasteiger partial charge is 0.463 e. The smallest absolute Gasteiger partial charge is 0.302 e. The fourth-order valence-electron chi connectivity index (χ4n) is 9.00. The van der Waals surface area contributed by atoms with E-state index < -0.39 is 0 Å². The van der Waals surface area contributed by atoms with Gasteiger partial charge >= 0.3 is 5.97 Å². The molecular weight excluding hydrogens is 360 g/mol. The fraction of sp³-hybridized carbons (Fsp3) is 0.923. The molecule has 3 nitrogen and oxygen atoms in total. The maximum Gasteiger partial charge on any atom is 0.302 e. The summed E-state index contributed by atoms with van der Waals surface area (Å²) in [4.78, 5) is 25.2. The molecule has 4 aliphatic carbocycles. The Balaban J connectivity index is 1.56. The van der Waals surface area contributed by atoms with Crippen LogP contribution in [-0.4, -0.2) is 17.9 Å². The summed E-state index contributed by atoms with van der Waals surface area (Å²) in [6, 6.07) is 0. The van der Waals surface area contributed by atoms with Crippen LogP contribution in [0.2, 0.25) is 0 Å². The Kier molecular flexibility index (Phi) is 5.66. The van der Waals surface area contributed by atoms with Crippen LogP contribution in [-0.2, 0) is 14.3 Å². The van der Waals surface area contributed by atoms with Crippen molar-refractivity contribution in [2.24, 2.45) is 46.3 Å². The molecule has 0 heterocycles. The van der Waals surface area contributed by atoms with E-state index in [9.17, 15) is 9.59 Å². The normalized spacial score (nSPS) is 47.7. The summed E-state index contributed by atoms with van der Waals surface area (Å²) in [7, 11) is 0. The van der Waals surface area contributed by atoms with Crippen molar-refractivity contribution < 1.29 is 14.3 Å². The standard InChI is InChI=1S/C26H42O3/c1-6-7-16(2)21-10-11-22-20-9-8-18-14-19(29-17(3)27)12-13-25(18,4)24(20)23(28)15-26(21,22)5/h16,18-22,24H,6-15H2,1-5H3/t16-,18?,19?,20+,21-,22+,24-,25+,26-/m1/s1. The number of fused-ring (bicyclic) bond motifs is 5. The lowest BCUT2D eigenvalue weighted by atomic mass is 9.44. The Morgan fingerprint density at radius 2 is 1.90 bits per heavy atom. The van der Waals surface area contributed by atoms with Gasteiger partial charge < -0.3 is 4.74 Å². The van der Waals surface area contributed by atoms with Gasteiger partial charge in [-0.15, -0.1) is 0 Å².